The lowest BCUT2D eigenvalue weighted by Gasteiger charge is -2.32. The van der Waals surface area contributed by atoms with E-state index in [2.05, 4.69) is 10.2 Å². The highest BCUT2D eigenvalue weighted by atomic mass is 35.5. The van der Waals surface area contributed by atoms with E-state index in [-0.39, 0.29) is 27.9 Å². The predicted molar refractivity (Wildman–Crippen MR) is 67.7 cm³/mol. The highest BCUT2D eigenvalue weighted by molar-refractivity contribution is 6.33. The first-order valence-electron chi connectivity index (χ1n) is 5.99. The number of hydrazone groups is 1. The second-order valence-corrected chi connectivity index (χ2v) is 5.00. The maximum Gasteiger partial charge on any atom is 0.438 e. The fraction of sp³-hybridized carbons (Fsp3) is 0.545. The van der Waals surface area contributed by atoms with E-state index < -0.39 is 24.2 Å². The summed E-state index contributed by atoms with van der Waals surface area (Å²) in [5, 5.41) is 17.1. The average molecular weight is 325 g/mol. The zero-order chi connectivity index (χ0) is 16.0. The molecule has 2 heterocycles. The first-order valence-corrected chi connectivity index (χ1v) is 6.37. The van der Waals surface area contributed by atoms with Gasteiger partial charge >= 0.3 is 6.18 Å². The quantitative estimate of drug-likeness (QED) is 0.903. The third-order valence-electron chi connectivity index (χ3n) is 3.19. The fourth-order valence-corrected chi connectivity index (χ4v) is 2.25. The molecule has 1 atom stereocenters. The third-order valence-corrected chi connectivity index (χ3v) is 3.47. The van der Waals surface area contributed by atoms with Crippen molar-refractivity contribution in [3.63, 3.8) is 0 Å². The molecule has 2 rings (SSSR count). The highest BCUT2D eigenvalue weighted by Gasteiger charge is 2.63. The predicted octanol–water partition coefficient (Wildman–Crippen LogP) is 1.94. The summed E-state index contributed by atoms with van der Waals surface area (Å²) in [7, 11) is 1.35. The van der Waals surface area contributed by atoms with Crippen molar-refractivity contribution < 1.29 is 23.1 Å². The summed E-state index contributed by atoms with van der Waals surface area (Å²) in [4.78, 5) is 12.3. The molecule has 1 N–H and O–H groups in total. The van der Waals surface area contributed by atoms with Gasteiger partial charge in [-0.3, -0.25) is 9.48 Å². The van der Waals surface area contributed by atoms with Crippen LogP contribution in [0.5, 0.6) is 0 Å². The zero-order valence-corrected chi connectivity index (χ0v) is 11.9. The summed E-state index contributed by atoms with van der Waals surface area (Å²) >= 11 is 5.75. The molecule has 0 saturated heterocycles. The number of nitrogens with zero attached hydrogens (tertiary/aromatic N) is 4. The van der Waals surface area contributed by atoms with Gasteiger partial charge in [-0.05, 0) is 6.42 Å². The van der Waals surface area contributed by atoms with Gasteiger partial charge in [0.1, 0.15) is 5.69 Å². The SMILES string of the molecule is CCC1=NN(C(=O)c2c(Cl)cnn2C)C(O)(C(F)(F)F)C1. The topological polar surface area (TPSA) is 70.7 Å². The zero-order valence-electron chi connectivity index (χ0n) is 11.1. The first-order chi connectivity index (χ1) is 9.61. The van der Waals surface area contributed by atoms with E-state index in [0.717, 1.165) is 10.9 Å². The Morgan fingerprint density at radius 2 is 2.19 bits per heavy atom. The number of halogens is 4. The van der Waals surface area contributed by atoms with E-state index in [1.54, 1.807) is 6.92 Å². The lowest BCUT2D eigenvalue weighted by atomic mass is 10.0. The van der Waals surface area contributed by atoms with Crippen molar-refractivity contribution >= 4 is 23.2 Å². The molecule has 1 aliphatic heterocycles. The molecular weight excluding hydrogens is 313 g/mol. The van der Waals surface area contributed by atoms with Crippen molar-refractivity contribution in [3.8, 4) is 0 Å². The van der Waals surface area contributed by atoms with E-state index in [9.17, 15) is 23.1 Å². The van der Waals surface area contributed by atoms with Gasteiger partial charge < -0.3 is 5.11 Å². The Hall–Kier alpha value is -1.61. The number of aromatic nitrogens is 2. The second-order valence-electron chi connectivity index (χ2n) is 4.59. The number of hydrogen-bond acceptors (Lipinski definition) is 4. The number of carbonyl (C=O) groups is 1. The number of rotatable bonds is 2. The van der Waals surface area contributed by atoms with Crippen LogP contribution in [0.15, 0.2) is 11.3 Å². The first kappa shape index (κ1) is 15.8. The summed E-state index contributed by atoms with van der Waals surface area (Å²) in [5.41, 5.74) is -3.58. The molecule has 6 nitrogen and oxygen atoms in total. The molecule has 1 aromatic heterocycles. The molecule has 1 amide bonds. The van der Waals surface area contributed by atoms with Gasteiger partial charge in [-0.15, -0.1) is 0 Å². The van der Waals surface area contributed by atoms with Crippen LogP contribution < -0.4 is 0 Å². The van der Waals surface area contributed by atoms with E-state index in [1.165, 1.54) is 7.05 Å². The minimum Gasteiger partial charge on any atom is -0.362 e. The van der Waals surface area contributed by atoms with Crippen LogP contribution >= 0.6 is 11.6 Å². The Morgan fingerprint density at radius 1 is 1.57 bits per heavy atom. The third kappa shape index (κ3) is 2.40. The molecule has 1 aliphatic rings. The molecule has 0 fully saturated rings. The van der Waals surface area contributed by atoms with Crippen molar-refractivity contribution in [2.75, 3.05) is 0 Å². The largest absolute Gasteiger partial charge is 0.438 e. The van der Waals surface area contributed by atoms with Crippen molar-refractivity contribution in [2.45, 2.75) is 31.7 Å². The lowest BCUT2D eigenvalue weighted by Crippen LogP contribution is -2.56. The van der Waals surface area contributed by atoms with E-state index in [0.29, 0.717) is 0 Å². The van der Waals surface area contributed by atoms with E-state index in [4.69, 9.17) is 11.6 Å². The smallest absolute Gasteiger partial charge is 0.362 e. The van der Waals surface area contributed by atoms with Crippen molar-refractivity contribution in [1.29, 1.82) is 0 Å². The molecule has 0 spiro atoms. The maximum atomic E-state index is 13.1. The van der Waals surface area contributed by atoms with Crippen molar-refractivity contribution in [2.24, 2.45) is 12.1 Å². The van der Waals surface area contributed by atoms with Crippen molar-refractivity contribution in [1.82, 2.24) is 14.8 Å². The molecule has 1 aromatic rings. The monoisotopic (exact) mass is 324 g/mol. The van der Waals surface area contributed by atoms with Gasteiger partial charge in [0.05, 0.1) is 11.2 Å². The van der Waals surface area contributed by atoms with Crippen LogP contribution in [0.25, 0.3) is 0 Å². The molecule has 0 saturated carbocycles. The maximum absolute atomic E-state index is 13.1. The molecule has 0 bridgehead atoms. The van der Waals surface area contributed by atoms with Gasteiger partial charge in [-0.1, -0.05) is 18.5 Å². The van der Waals surface area contributed by atoms with Gasteiger partial charge in [-0.2, -0.15) is 28.4 Å². The van der Waals surface area contributed by atoms with Crippen LogP contribution in [0.1, 0.15) is 30.3 Å². The molecule has 21 heavy (non-hydrogen) atoms. The highest BCUT2D eigenvalue weighted by Crippen LogP contribution is 2.41. The van der Waals surface area contributed by atoms with E-state index >= 15 is 0 Å². The van der Waals surface area contributed by atoms with Crippen molar-refractivity contribution in [3.05, 3.63) is 16.9 Å². The summed E-state index contributed by atoms with van der Waals surface area (Å²) in [5.74, 6) is -1.16. The lowest BCUT2D eigenvalue weighted by molar-refractivity contribution is -0.297. The molecule has 10 heteroatoms. The van der Waals surface area contributed by atoms with Crippen LogP contribution in [0.2, 0.25) is 5.02 Å². The second kappa shape index (κ2) is 4.99. The Bertz CT molecular complexity index is 594. The number of aryl methyl sites for hydroxylation is 1. The molecule has 0 aromatic carbocycles. The Balaban J connectivity index is 2.49. The van der Waals surface area contributed by atoms with Gasteiger partial charge in [0.25, 0.3) is 11.6 Å². The molecule has 0 aliphatic carbocycles. The number of hydrogen-bond donors (Lipinski definition) is 1. The summed E-state index contributed by atoms with van der Waals surface area (Å²) < 4.78 is 40.4. The minimum absolute atomic E-state index is 0.0364. The fourth-order valence-electron chi connectivity index (χ4n) is 2.00. The number of amides is 1. The van der Waals surface area contributed by atoms with Gasteiger partial charge in [0, 0.05) is 19.2 Å². The Kier molecular flexibility index (Phi) is 3.75. The van der Waals surface area contributed by atoms with Crippen LogP contribution in [0.3, 0.4) is 0 Å². The van der Waals surface area contributed by atoms with Crippen LogP contribution in [0, 0.1) is 0 Å². The number of alkyl halides is 3. The molecule has 1 unspecified atom stereocenters. The van der Waals surface area contributed by atoms with E-state index in [1.807, 2.05) is 0 Å². The minimum atomic E-state index is -5.05. The van der Waals surface area contributed by atoms with Crippen LogP contribution in [-0.4, -0.2) is 43.4 Å². The Labute approximate surface area is 122 Å². The van der Waals surface area contributed by atoms with Crippen LogP contribution in [0.4, 0.5) is 13.2 Å². The molecule has 0 radical (unpaired) electrons. The summed E-state index contributed by atoms with van der Waals surface area (Å²) in [6, 6.07) is 0. The van der Waals surface area contributed by atoms with Gasteiger partial charge in [0.2, 0.25) is 0 Å². The summed E-state index contributed by atoms with van der Waals surface area (Å²) in [6.07, 6.45) is -4.52. The van der Waals surface area contributed by atoms with Gasteiger partial charge in [-0.25, -0.2) is 0 Å². The number of aliphatic hydroxyl groups is 1. The average Bonchev–Trinajstić information content (AvgIpc) is 2.90. The molecule has 116 valence electrons. The summed E-state index contributed by atoms with van der Waals surface area (Å²) in [6.45, 7) is 1.58. The molecular formula is C11H12ClF3N4O2. The number of carbonyl (C=O) groups excluding carboxylic acids is 1. The van der Waals surface area contributed by atoms with Crippen LogP contribution in [-0.2, 0) is 7.05 Å². The normalized spacial score (nSPS) is 22.6. The Morgan fingerprint density at radius 3 is 2.62 bits per heavy atom. The standard InChI is InChI=1S/C11H12ClF3N4O2/c1-3-6-4-10(21,11(13,14)15)19(17-6)9(20)8-7(12)5-16-18(8)2/h5,21H,3-4H2,1-2H3. The van der Waals surface area contributed by atoms with Gasteiger partial charge in [0.15, 0.2) is 0 Å².